The summed E-state index contributed by atoms with van der Waals surface area (Å²) in [5.74, 6) is 1.38. The van der Waals surface area contributed by atoms with E-state index in [1.807, 2.05) is 4.90 Å². The Morgan fingerprint density at radius 1 is 1.19 bits per heavy atom. The molecule has 9 heteroatoms. The SMILES string of the molecule is COc1ccc(C(=O)N2CCN(C3=NC(c4ccncn4)=CC(O)N3C)[C@H](C)C2)cc1. The lowest BCUT2D eigenvalue weighted by Crippen LogP contribution is -2.59. The molecule has 1 unspecified atom stereocenters. The largest absolute Gasteiger partial charge is 0.497 e. The number of likely N-dealkylation sites (N-methyl/N-ethyl adjacent to an activating group) is 1. The number of hydrogen-bond acceptors (Lipinski definition) is 8. The van der Waals surface area contributed by atoms with Gasteiger partial charge in [0, 0.05) is 44.5 Å². The van der Waals surface area contributed by atoms with E-state index in [1.54, 1.807) is 61.7 Å². The first-order chi connectivity index (χ1) is 15.0. The number of carbonyl (C=O) groups excluding carboxylic acids is 1. The quantitative estimate of drug-likeness (QED) is 0.797. The lowest BCUT2D eigenvalue weighted by atomic mass is 10.1. The number of aliphatic hydroxyl groups excluding tert-OH is 1. The number of aliphatic hydroxyl groups is 1. The average molecular weight is 422 g/mol. The molecule has 1 aromatic heterocycles. The van der Waals surface area contributed by atoms with Crippen LogP contribution in [0.25, 0.3) is 5.70 Å². The van der Waals surface area contributed by atoms with Crippen molar-refractivity contribution in [2.75, 3.05) is 33.8 Å². The molecular weight excluding hydrogens is 396 g/mol. The van der Waals surface area contributed by atoms with Gasteiger partial charge in [0.25, 0.3) is 5.91 Å². The number of ether oxygens (including phenoxy) is 1. The summed E-state index contributed by atoms with van der Waals surface area (Å²) in [5.41, 5.74) is 1.89. The molecule has 162 valence electrons. The number of amides is 1. The highest BCUT2D eigenvalue weighted by molar-refractivity contribution is 5.95. The van der Waals surface area contributed by atoms with E-state index in [1.165, 1.54) is 6.33 Å². The van der Waals surface area contributed by atoms with Gasteiger partial charge in [-0.2, -0.15) is 0 Å². The molecule has 2 atom stereocenters. The second-order valence-electron chi connectivity index (χ2n) is 7.60. The molecule has 2 aliphatic rings. The summed E-state index contributed by atoms with van der Waals surface area (Å²) in [4.78, 5) is 31.6. The molecular formula is C22H26N6O3. The van der Waals surface area contributed by atoms with Crippen molar-refractivity contribution in [1.29, 1.82) is 0 Å². The number of aliphatic imine (C=N–C) groups is 1. The number of aromatic nitrogens is 2. The first-order valence-corrected chi connectivity index (χ1v) is 10.2. The Labute approximate surface area is 181 Å². The second kappa shape index (κ2) is 8.73. The van der Waals surface area contributed by atoms with Gasteiger partial charge in [-0.25, -0.2) is 15.0 Å². The van der Waals surface area contributed by atoms with Crippen LogP contribution in [0.15, 0.2) is 53.9 Å². The molecule has 1 amide bonds. The van der Waals surface area contributed by atoms with E-state index >= 15 is 0 Å². The third-order valence-electron chi connectivity index (χ3n) is 5.59. The van der Waals surface area contributed by atoms with E-state index < -0.39 is 6.23 Å². The number of rotatable bonds is 3. The third-order valence-corrected chi connectivity index (χ3v) is 5.59. The zero-order chi connectivity index (χ0) is 22.0. The van der Waals surface area contributed by atoms with Crippen molar-refractivity contribution in [3.05, 3.63) is 60.2 Å². The van der Waals surface area contributed by atoms with Crippen molar-refractivity contribution < 1.29 is 14.6 Å². The highest BCUT2D eigenvalue weighted by Gasteiger charge is 2.33. The van der Waals surface area contributed by atoms with Crippen LogP contribution in [-0.4, -0.2) is 87.7 Å². The first kappa shape index (κ1) is 20.8. The van der Waals surface area contributed by atoms with Gasteiger partial charge < -0.3 is 24.5 Å². The van der Waals surface area contributed by atoms with Gasteiger partial charge in [0.15, 0.2) is 6.23 Å². The molecule has 0 radical (unpaired) electrons. The number of piperazine rings is 1. The summed E-state index contributed by atoms with van der Waals surface area (Å²) in [6.45, 7) is 3.78. The number of benzene rings is 1. The molecule has 0 saturated carbocycles. The van der Waals surface area contributed by atoms with Gasteiger partial charge in [0.1, 0.15) is 12.1 Å². The van der Waals surface area contributed by atoms with Crippen LogP contribution in [0.4, 0.5) is 0 Å². The Bertz CT molecular complexity index is 992. The van der Waals surface area contributed by atoms with E-state index in [0.717, 1.165) is 5.75 Å². The Hall–Kier alpha value is -3.46. The van der Waals surface area contributed by atoms with E-state index in [9.17, 15) is 9.90 Å². The van der Waals surface area contributed by atoms with Gasteiger partial charge >= 0.3 is 0 Å². The molecule has 1 aromatic carbocycles. The molecule has 1 fully saturated rings. The maximum Gasteiger partial charge on any atom is 0.253 e. The second-order valence-corrected chi connectivity index (χ2v) is 7.60. The first-order valence-electron chi connectivity index (χ1n) is 10.2. The van der Waals surface area contributed by atoms with Crippen LogP contribution in [0.1, 0.15) is 23.0 Å². The number of guanidine groups is 1. The topological polar surface area (TPSA) is 94.4 Å². The van der Waals surface area contributed by atoms with Crippen LogP contribution in [0.5, 0.6) is 5.75 Å². The Morgan fingerprint density at radius 2 is 1.97 bits per heavy atom. The van der Waals surface area contributed by atoms with Gasteiger partial charge in [-0.05, 0) is 43.3 Å². The summed E-state index contributed by atoms with van der Waals surface area (Å²) in [5, 5.41) is 10.6. The number of nitrogens with zero attached hydrogens (tertiary/aromatic N) is 6. The predicted octanol–water partition coefficient (Wildman–Crippen LogP) is 1.29. The minimum absolute atomic E-state index is 0.00491. The lowest BCUT2D eigenvalue weighted by Gasteiger charge is -2.44. The normalized spacial score (nSPS) is 21.5. The number of carbonyl (C=O) groups is 1. The van der Waals surface area contributed by atoms with Crippen molar-refractivity contribution >= 4 is 17.6 Å². The molecule has 4 rings (SSSR count). The highest BCUT2D eigenvalue weighted by atomic mass is 16.5. The molecule has 31 heavy (non-hydrogen) atoms. The van der Waals surface area contributed by atoms with E-state index in [-0.39, 0.29) is 11.9 Å². The van der Waals surface area contributed by atoms with E-state index in [0.29, 0.717) is 42.5 Å². The zero-order valence-corrected chi connectivity index (χ0v) is 17.8. The van der Waals surface area contributed by atoms with Crippen molar-refractivity contribution in [3.8, 4) is 5.75 Å². The predicted molar refractivity (Wildman–Crippen MR) is 116 cm³/mol. The molecule has 0 spiro atoms. The lowest BCUT2D eigenvalue weighted by molar-refractivity contribution is 0.0558. The molecule has 2 aliphatic heterocycles. The fourth-order valence-electron chi connectivity index (χ4n) is 3.80. The van der Waals surface area contributed by atoms with Gasteiger partial charge in [-0.3, -0.25) is 4.79 Å². The molecule has 0 aliphatic carbocycles. The van der Waals surface area contributed by atoms with Crippen molar-refractivity contribution in [2.24, 2.45) is 4.99 Å². The fourth-order valence-corrected chi connectivity index (χ4v) is 3.80. The van der Waals surface area contributed by atoms with Crippen LogP contribution in [0.3, 0.4) is 0 Å². The van der Waals surface area contributed by atoms with Gasteiger partial charge in [0.05, 0.1) is 18.5 Å². The molecule has 3 heterocycles. The number of methoxy groups -OCH3 is 1. The average Bonchev–Trinajstić information content (AvgIpc) is 2.81. The summed E-state index contributed by atoms with van der Waals surface area (Å²) >= 11 is 0. The van der Waals surface area contributed by atoms with Gasteiger partial charge in [-0.1, -0.05) is 0 Å². The van der Waals surface area contributed by atoms with Crippen LogP contribution in [0.2, 0.25) is 0 Å². The maximum absolute atomic E-state index is 12.9. The fraction of sp³-hybridized carbons (Fsp3) is 0.364. The van der Waals surface area contributed by atoms with Crippen LogP contribution >= 0.6 is 0 Å². The maximum atomic E-state index is 12.9. The van der Waals surface area contributed by atoms with Crippen LogP contribution < -0.4 is 4.74 Å². The third kappa shape index (κ3) is 4.22. The summed E-state index contributed by atoms with van der Waals surface area (Å²) < 4.78 is 5.17. The smallest absolute Gasteiger partial charge is 0.253 e. The molecule has 9 nitrogen and oxygen atoms in total. The summed E-state index contributed by atoms with van der Waals surface area (Å²) in [6.07, 6.45) is 3.96. The molecule has 1 N–H and O–H groups in total. The molecule has 2 aromatic rings. The van der Waals surface area contributed by atoms with Gasteiger partial charge in [-0.15, -0.1) is 0 Å². The minimum atomic E-state index is -0.816. The minimum Gasteiger partial charge on any atom is -0.497 e. The number of hydrogen-bond donors (Lipinski definition) is 1. The van der Waals surface area contributed by atoms with E-state index in [2.05, 4.69) is 21.8 Å². The highest BCUT2D eigenvalue weighted by Crippen LogP contribution is 2.24. The van der Waals surface area contributed by atoms with Crippen LogP contribution in [-0.2, 0) is 0 Å². The van der Waals surface area contributed by atoms with E-state index in [4.69, 9.17) is 9.73 Å². The van der Waals surface area contributed by atoms with Crippen molar-refractivity contribution in [3.63, 3.8) is 0 Å². The Morgan fingerprint density at radius 3 is 2.61 bits per heavy atom. The van der Waals surface area contributed by atoms with Crippen molar-refractivity contribution in [2.45, 2.75) is 19.2 Å². The zero-order valence-electron chi connectivity index (χ0n) is 17.8. The van der Waals surface area contributed by atoms with Gasteiger partial charge in [0.2, 0.25) is 5.96 Å². The Balaban J connectivity index is 1.50. The Kier molecular flexibility index (Phi) is 5.85. The van der Waals surface area contributed by atoms with Crippen molar-refractivity contribution in [1.82, 2.24) is 24.7 Å². The molecule has 0 bridgehead atoms. The summed E-state index contributed by atoms with van der Waals surface area (Å²) in [6, 6.07) is 8.94. The standard InChI is InChI=1S/C22H26N6O3/c1-15-13-27(21(30)16-4-6-17(31-3)7-5-16)10-11-28(15)22-25-19(12-20(29)26(22)2)18-8-9-23-14-24-18/h4-9,12,14-15,20,29H,10-11,13H2,1-3H3/t15-,20?/m1/s1. The summed E-state index contributed by atoms with van der Waals surface area (Å²) in [7, 11) is 3.41. The monoisotopic (exact) mass is 422 g/mol. The van der Waals surface area contributed by atoms with Crippen LogP contribution in [0, 0.1) is 0 Å². The molecule has 1 saturated heterocycles.